The summed E-state index contributed by atoms with van der Waals surface area (Å²) in [7, 11) is 0. The fourth-order valence-corrected chi connectivity index (χ4v) is 2.27. The van der Waals surface area contributed by atoms with Gasteiger partial charge in [-0.05, 0) is 12.1 Å². The zero-order valence-electron chi connectivity index (χ0n) is 11.1. The van der Waals surface area contributed by atoms with Crippen LogP contribution >= 0.6 is 0 Å². The van der Waals surface area contributed by atoms with E-state index in [9.17, 15) is 9.59 Å². The molecule has 1 fully saturated rings. The molecule has 0 spiro atoms. The van der Waals surface area contributed by atoms with Gasteiger partial charge in [0.15, 0.2) is 0 Å². The molecule has 1 aromatic carbocycles. The van der Waals surface area contributed by atoms with E-state index in [0.29, 0.717) is 11.8 Å². The molecule has 0 radical (unpaired) electrons. The highest BCUT2D eigenvalue weighted by Gasteiger charge is 2.34. The first-order chi connectivity index (χ1) is 10.1. The van der Waals surface area contributed by atoms with Crippen LogP contribution in [0, 0.1) is 5.92 Å². The molecule has 0 bridgehead atoms. The van der Waals surface area contributed by atoms with Gasteiger partial charge in [0.05, 0.1) is 12.5 Å². The van der Waals surface area contributed by atoms with Crippen molar-refractivity contribution in [2.24, 2.45) is 5.92 Å². The number of hydrogen-bond donors (Lipinski definition) is 1. The highest BCUT2D eigenvalue weighted by atomic mass is 16.4. The number of hydrogen-bond acceptors (Lipinski definition) is 5. The summed E-state index contributed by atoms with van der Waals surface area (Å²) in [5.41, 5.74) is 0.799. The molecule has 7 heteroatoms. The average Bonchev–Trinajstić information content (AvgIpc) is 3.08. The number of carboxylic acids is 1. The van der Waals surface area contributed by atoms with Crippen molar-refractivity contribution in [2.45, 2.75) is 13.0 Å². The van der Waals surface area contributed by atoms with Crippen molar-refractivity contribution in [2.75, 3.05) is 6.54 Å². The van der Waals surface area contributed by atoms with Crippen LogP contribution in [0.5, 0.6) is 0 Å². The molecule has 0 unspecified atom stereocenters. The fraction of sp³-hybridized carbons (Fsp3) is 0.286. The summed E-state index contributed by atoms with van der Waals surface area (Å²) in [6, 6.07) is 9.30. The minimum absolute atomic E-state index is 0.0228. The molecule has 1 aliphatic rings. The van der Waals surface area contributed by atoms with Gasteiger partial charge in [-0.25, -0.2) is 0 Å². The fourth-order valence-electron chi connectivity index (χ4n) is 2.27. The van der Waals surface area contributed by atoms with E-state index >= 15 is 0 Å². The zero-order valence-corrected chi connectivity index (χ0v) is 11.1. The summed E-state index contributed by atoms with van der Waals surface area (Å²) < 4.78 is 5.51. The van der Waals surface area contributed by atoms with Gasteiger partial charge < -0.3 is 14.4 Å². The Morgan fingerprint density at radius 2 is 2.10 bits per heavy atom. The van der Waals surface area contributed by atoms with Gasteiger partial charge in [-0.15, -0.1) is 10.2 Å². The predicted octanol–water partition coefficient (Wildman–Crippen LogP) is 1.17. The van der Waals surface area contributed by atoms with E-state index in [2.05, 4.69) is 10.2 Å². The monoisotopic (exact) mass is 287 g/mol. The molecule has 1 amide bonds. The second-order valence-corrected chi connectivity index (χ2v) is 4.88. The minimum atomic E-state index is -0.957. The number of likely N-dealkylation sites (tertiary alicyclic amines) is 1. The summed E-state index contributed by atoms with van der Waals surface area (Å²) in [6.45, 7) is 0.319. The summed E-state index contributed by atoms with van der Waals surface area (Å²) in [6.07, 6.45) is 0.0228. The number of nitrogens with zero attached hydrogens (tertiary/aromatic N) is 3. The van der Waals surface area contributed by atoms with Gasteiger partial charge >= 0.3 is 5.97 Å². The Morgan fingerprint density at radius 3 is 2.76 bits per heavy atom. The first kappa shape index (κ1) is 13.3. The molecule has 2 heterocycles. The highest BCUT2D eigenvalue weighted by Crippen LogP contribution is 2.22. The number of carbonyl (C=O) groups excluding carboxylic acids is 1. The lowest BCUT2D eigenvalue weighted by molar-refractivity contribution is -0.141. The van der Waals surface area contributed by atoms with Gasteiger partial charge in [0, 0.05) is 18.5 Å². The molecule has 0 aliphatic carbocycles. The molecule has 1 aliphatic heterocycles. The maximum absolute atomic E-state index is 11.7. The van der Waals surface area contributed by atoms with Crippen molar-refractivity contribution in [3.05, 3.63) is 36.2 Å². The van der Waals surface area contributed by atoms with Crippen LogP contribution in [-0.4, -0.2) is 38.6 Å². The third kappa shape index (κ3) is 2.76. The van der Waals surface area contributed by atoms with Crippen molar-refractivity contribution in [3.63, 3.8) is 0 Å². The van der Waals surface area contributed by atoms with Gasteiger partial charge in [0.25, 0.3) is 0 Å². The van der Waals surface area contributed by atoms with E-state index in [1.54, 1.807) is 0 Å². The van der Waals surface area contributed by atoms with E-state index in [-0.39, 0.29) is 25.4 Å². The van der Waals surface area contributed by atoms with Crippen molar-refractivity contribution < 1.29 is 19.1 Å². The maximum Gasteiger partial charge on any atom is 0.308 e. The van der Waals surface area contributed by atoms with E-state index in [1.165, 1.54) is 4.90 Å². The standard InChI is InChI=1S/C14H13N3O4/c18-12-6-10(14(19)20)7-17(12)8-11-15-16-13(21-11)9-4-2-1-3-5-9/h1-5,10H,6-8H2,(H,19,20)/t10-/m0/s1. The quantitative estimate of drug-likeness (QED) is 0.906. The molecule has 0 saturated carbocycles. The first-order valence-electron chi connectivity index (χ1n) is 6.52. The van der Waals surface area contributed by atoms with Crippen molar-refractivity contribution >= 4 is 11.9 Å². The molecule has 2 aromatic rings. The number of benzene rings is 1. The second kappa shape index (κ2) is 5.35. The number of aliphatic carboxylic acids is 1. The first-order valence-corrected chi connectivity index (χ1v) is 6.52. The molecule has 1 saturated heterocycles. The largest absolute Gasteiger partial charge is 0.481 e. The van der Waals surface area contributed by atoms with Crippen LogP contribution in [0.15, 0.2) is 34.7 Å². The summed E-state index contributed by atoms with van der Waals surface area (Å²) in [5.74, 6) is -1.14. The summed E-state index contributed by atoms with van der Waals surface area (Å²) in [5, 5.41) is 16.8. The molecule has 1 atom stereocenters. The molecule has 7 nitrogen and oxygen atoms in total. The molecule has 3 rings (SSSR count). The molecule has 108 valence electrons. The van der Waals surface area contributed by atoms with Crippen LogP contribution in [0.2, 0.25) is 0 Å². The third-order valence-corrected chi connectivity index (χ3v) is 3.38. The number of carboxylic acid groups (broad SMARTS) is 1. The van der Waals surface area contributed by atoms with E-state index < -0.39 is 11.9 Å². The van der Waals surface area contributed by atoms with Crippen LogP contribution < -0.4 is 0 Å². The number of aromatic nitrogens is 2. The molecule has 1 N–H and O–H groups in total. The number of carbonyl (C=O) groups is 2. The topological polar surface area (TPSA) is 96.5 Å². The Morgan fingerprint density at radius 1 is 1.33 bits per heavy atom. The molecule has 21 heavy (non-hydrogen) atoms. The van der Waals surface area contributed by atoms with Crippen LogP contribution in [0.3, 0.4) is 0 Å². The lowest BCUT2D eigenvalue weighted by atomic mass is 10.1. The van der Waals surface area contributed by atoms with E-state index in [1.807, 2.05) is 30.3 Å². The zero-order chi connectivity index (χ0) is 14.8. The Kier molecular flexibility index (Phi) is 3.39. The van der Waals surface area contributed by atoms with Crippen LogP contribution in [0.4, 0.5) is 0 Å². The van der Waals surface area contributed by atoms with Crippen LogP contribution in [-0.2, 0) is 16.1 Å². The number of amides is 1. The minimum Gasteiger partial charge on any atom is -0.481 e. The lowest BCUT2D eigenvalue weighted by Gasteiger charge is -2.12. The predicted molar refractivity (Wildman–Crippen MR) is 70.9 cm³/mol. The van der Waals surface area contributed by atoms with Gasteiger partial charge in [-0.2, -0.15) is 0 Å². The molecular formula is C14H13N3O4. The van der Waals surface area contributed by atoms with Gasteiger partial charge in [-0.1, -0.05) is 18.2 Å². The average molecular weight is 287 g/mol. The lowest BCUT2D eigenvalue weighted by Crippen LogP contribution is -2.25. The van der Waals surface area contributed by atoms with Crippen LogP contribution in [0.25, 0.3) is 11.5 Å². The SMILES string of the molecule is O=C(O)[C@H]1CC(=O)N(Cc2nnc(-c3ccccc3)o2)C1. The molecular weight excluding hydrogens is 274 g/mol. The second-order valence-electron chi connectivity index (χ2n) is 4.88. The normalized spacial score (nSPS) is 18.2. The maximum atomic E-state index is 11.7. The Hall–Kier alpha value is -2.70. The van der Waals surface area contributed by atoms with E-state index in [4.69, 9.17) is 9.52 Å². The Balaban J connectivity index is 1.71. The summed E-state index contributed by atoms with van der Waals surface area (Å²) >= 11 is 0. The van der Waals surface area contributed by atoms with Gasteiger partial charge in [-0.3, -0.25) is 9.59 Å². The van der Waals surface area contributed by atoms with Crippen LogP contribution in [0.1, 0.15) is 12.3 Å². The van der Waals surface area contributed by atoms with Crippen molar-refractivity contribution in [1.82, 2.24) is 15.1 Å². The Bertz CT molecular complexity index is 668. The third-order valence-electron chi connectivity index (χ3n) is 3.38. The van der Waals surface area contributed by atoms with Crippen molar-refractivity contribution in [3.8, 4) is 11.5 Å². The molecule has 1 aromatic heterocycles. The smallest absolute Gasteiger partial charge is 0.308 e. The Labute approximate surface area is 120 Å². The van der Waals surface area contributed by atoms with Gasteiger partial charge in [0.1, 0.15) is 0 Å². The van der Waals surface area contributed by atoms with Gasteiger partial charge in [0.2, 0.25) is 17.7 Å². The highest BCUT2D eigenvalue weighted by molar-refractivity contribution is 5.85. The number of rotatable bonds is 4. The van der Waals surface area contributed by atoms with E-state index in [0.717, 1.165) is 5.56 Å². The van der Waals surface area contributed by atoms with Crippen molar-refractivity contribution in [1.29, 1.82) is 0 Å². The summed E-state index contributed by atoms with van der Waals surface area (Å²) in [4.78, 5) is 24.1.